The smallest absolute Gasteiger partial charge is 0.243 e. The summed E-state index contributed by atoms with van der Waals surface area (Å²) < 4.78 is 27.1. The molecule has 1 saturated carbocycles. The molecule has 94 valence electrons. The Hall–Kier alpha value is -1.07. The van der Waals surface area contributed by atoms with Crippen LogP contribution in [0.2, 0.25) is 0 Å². The second-order valence-corrected chi connectivity index (χ2v) is 6.28. The molecule has 0 heterocycles. The highest BCUT2D eigenvalue weighted by atomic mass is 32.2. The maximum absolute atomic E-state index is 12.2. The van der Waals surface area contributed by atoms with Gasteiger partial charge in [-0.05, 0) is 30.9 Å². The van der Waals surface area contributed by atoms with Gasteiger partial charge < -0.3 is 5.73 Å². The van der Waals surface area contributed by atoms with Crippen LogP contribution in [0.3, 0.4) is 0 Å². The lowest BCUT2D eigenvalue weighted by Gasteiger charge is -2.11. The van der Waals surface area contributed by atoms with E-state index in [1.165, 1.54) is 0 Å². The number of sulfonamides is 1. The zero-order valence-corrected chi connectivity index (χ0v) is 10.9. The topological polar surface area (TPSA) is 72.2 Å². The van der Waals surface area contributed by atoms with Crippen LogP contribution in [0.15, 0.2) is 23.1 Å². The molecule has 1 aliphatic carbocycles. The second kappa shape index (κ2) is 4.31. The molecule has 0 saturated heterocycles. The minimum atomic E-state index is -3.48. The van der Waals surface area contributed by atoms with Crippen molar-refractivity contribution in [3.63, 3.8) is 0 Å². The number of anilines is 1. The maximum atomic E-state index is 12.2. The largest absolute Gasteiger partial charge is 0.398 e. The first kappa shape index (κ1) is 12.4. The summed E-state index contributed by atoms with van der Waals surface area (Å²) >= 11 is 0. The van der Waals surface area contributed by atoms with Crippen molar-refractivity contribution >= 4 is 15.7 Å². The van der Waals surface area contributed by atoms with Crippen LogP contribution in [0, 0.1) is 12.8 Å². The van der Waals surface area contributed by atoms with Crippen LogP contribution in [0.5, 0.6) is 0 Å². The van der Waals surface area contributed by atoms with Crippen molar-refractivity contribution in [2.24, 2.45) is 5.92 Å². The summed E-state index contributed by atoms with van der Waals surface area (Å²) in [6.45, 7) is 3.83. The molecule has 1 fully saturated rings. The Kier molecular flexibility index (Phi) is 3.14. The quantitative estimate of drug-likeness (QED) is 0.803. The van der Waals surface area contributed by atoms with Crippen molar-refractivity contribution in [2.45, 2.75) is 37.6 Å². The van der Waals surface area contributed by atoms with E-state index in [1.807, 2.05) is 0 Å². The number of nitrogens with two attached hydrogens (primary N) is 1. The molecule has 2 unspecified atom stereocenters. The van der Waals surface area contributed by atoms with E-state index < -0.39 is 10.0 Å². The Labute approximate surface area is 102 Å². The fourth-order valence-corrected chi connectivity index (χ4v) is 3.82. The number of rotatable bonds is 4. The minimum Gasteiger partial charge on any atom is -0.398 e. The van der Waals surface area contributed by atoms with E-state index in [4.69, 9.17) is 5.73 Å². The fourth-order valence-electron chi connectivity index (χ4n) is 2.14. The van der Waals surface area contributed by atoms with Crippen molar-refractivity contribution in [2.75, 3.05) is 5.73 Å². The number of hydrogen-bond donors (Lipinski definition) is 2. The first-order valence-corrected chi connectivity index (χ1v) is 7.31. The Balaban J connectivity index is 2.26. The Bertz CT molecular complexity index is 505. The minimum absolute atomic E-state index is 0.0870. The third-order valence-corrected chi connectivity index (χ3v) is 4.97. The second-order valence-electron chi connectivity index (χ2n) is 4.63. The highest BCUT2D eigenvalue weighted by Crippen LogP contribution is 2.35. The van der Waals surface area contributed by atoms with Crippen molar-refractivity contribution in [3.05, 3.63) is 23.8 Å². The summed E-state index contributed by atoms with van der Waals surface area (Å²) in [5.74, 6) is 0.481. The average molecular weight is 254 g/mol. The van der Waals surface area contributed by atoms with Gasteiger partial charge in [-0.25, -0.2) is 13.1 Å². The van der Waals surface area contributed by atoms with Gasteiger partial charge in [0, 0.05) is 6.04 Å². The van der Waals surface area contributed by atoms with E-state index in [0.29, 0.717) is 17.2 Å². The van der Waals surface area contributed by atoms with Crippen molar-refractivity contribution < 1.29 is 8.42 Å². The molecule has 5 heteroatoms. The molecule has 1 aromatic rings. The predicted octanol–water partition coefficient (Wildman–Crippen LogP) is 1.65. The molecule has 0 aliphatic heterocycles. The van der Waals surface area contributed by atoms with Gasteiger partial charge in [-0.1, -0.05) is 25.5 Å². The van der Waals surface area contributed by atoms with Crippen LogP contribution in [-0.4, -0.2) is 14.5 Å². The fraction of sp³-hybridized carbons (Fsp3) is 0.500. The number of hydrogen-bond acceptors (Lipinski definition) is 3. The molecular formula is C12H18N2O2S. The van der Waals surface area contributed by atoms with Crippen LogP contribution in [0.25, 0.3) is 0 Å². The molecule has 17 heavy (non-hydrogen) atoms. The van der Waals surface area contributed by atoms with Gasteiger partial charge in [0.05, 0.1) is 5.69 Å². The van der Waals surface area contributed by atoms with Gasteiger partial charge in [0.1, 0.15) is 4.90 Å². The van der Waals surface area contributed by atoms with Crippen LogP contribution in [-0.2, 0) is 10.0 Å². The predicted molar refractivity (Wildman–Crippen MR) is 68.1 cm³/mol. The van der Waals surface area contributed by atoms with E-state index in [-0.39, 0.29) is 10.9 Å². The van der Waals surface area contributed by atoms with Crippen LogP contribution < -0.4 is 10.5 Å². The molecule has 2 rings (SSSR count). The summed E-state index contributed by atoms with van der Waals surface area (Å²) in [6, 6.07) is 5.22. The number of aryl methyl sites for hydroxylation is 1. The zero-order valence-electron chi connectivity index (χ0n) is 10.1. The molecule has 0 aromatic heterocycles. The van der Waals surface area contributed by atoms with Gasteiger partial charge >= 0.3 is 0 Å². The van der Waals surface area contributed by atoms with Gasteiger partial charge in [0.25, 0.3) is 0 Å². The standard InChI is InChI=1S/C12H18N2O2S/c1-3-9-7-11(9)14-17(15,16)12-8(2)5-4-6-10(12)13/h4-6,9,11,14H,3,7,13H2,1-2H3. The molecule has 1 aromatic carbocycles. The Morgan fingerprint density at radius 1 is 1.47 bits per heavy atom. The lowest BCUT2D eigenvalue weighted by molar-refractivity contribution is 0.575. The molecule has 0 amide bonds. The highest BCUT2D eigenvalue weighted by molar-refractivity contribution is 7.89. The lowest BCUT2D eigenvalue weighted by Crippen LogP contribution is -2.28. The van der Waals surface area contributed by atoms with Gasteiger partial charge in [0.15, 0.2) is 0 Å². The van der Waals surface area contributed by atoms with Crippen LogP contribution >= 0.6 is 0 Å². The highest BCUT2D eigenvalue weighted by Gasteiger charge is 2.39. The molecule has 0 radical (unpaired) electrons. The average Bonchev–Trinajstić information content (AvgIpc) is 2.94. The normalized spacial score (nSPS) is 23.6. The van der Waals surface area contributed by atoms with Crippen LogP contribution in [0.4, 0.5) is 5.69 Å². The van der Waals surface area contributed by atoms with Crippen LogP contribution in [0.1, 0.15) is 25.3 Å². The lowest BCUT2D eigenvalue weighted by atomic mass is 10.2. The summed E-state index contributed by atoms with van der Waals surface area (Å²) in [4.78, 5) is 0.224. The van der Waals surface area contributed by atoms with Gasteiger partial charge in [-0.2, -0.15) is 0 Å². The van der Waals surface area contributed by atoms with E-state index in [0.717, 1.165) is 12.8 Å². The summed E-state index contributed by atoms with van der Waals surface area (Å²) in [6.07, 6.45) is 1.94. The molecule has 0 spiro atoms. The maximum Gasteiger partial charge on any atom is 0.243 e. The number of nitrogen functional groups attached to an aromatic ring is 1. The summed E-state index contributed by atoms with van der Waals surface area (Å²) in [5.41, 5.74) is 6.75. The Morgan fingerprint density at radius 2 is 2.18 bits per heavy atom. The SMILES string of the molecule is CCC1CC1NS(=O)(=O)c1c(C)cccc1N. The zero-order chi connectivity index (χ0) is 12.6. The first-order chi connectivity index (χ1) is 7.95. The number of benzene rings is 1. The molecular weight excluding hydrogens is 236 g/mol. The van der Waals surface area contributed by atoms with E-state index >= 15 is 0 Å². The van der Waals surface area contributed by atoms with Gasteiger partial charge in [-0.3, -0.25) is 0 Å². The van der Waals surface area contributed by atoms with Crippen molar-refractivity contribution in [1.82, 2.24) is 4.72 Å². The molecule has 3 N–H and O–H groups in total. The molecule has 2 atom stereocenters. The van der Waals surface area contributed by atoms with E-state index in [9.17, 15) is 8.42 Å². The molecule has 0 bridgehead atoms. The third kappa shape index (κ3) is 2.45. The summed E-state index contributed by atoms with van der Waals surface area (Å²) in [5, 5.41) is 0. The Morgan fingerprint density at radius 3 is 2.71 bits per heavy atom. The van der Waals surface area contributed by atoms with Crippen molar-refractivity contribution in [1.29, 1.82) is 0 Å². The van der Waals surface area contributed by atoms with E-state index in [2.05, 4.69) is 11.6 Å². The number of nitrogens with one attached hydrogen (secondary N) is 1. The van der Waals surface area contributed by atoms with Crippen molar-refractivity contribution in [3.8, 4) is 0 Å². The van der Waals surface area contributed by atoms with E-state index in [1.54, 1.807) is 25.1 Å². The van der Waals surface area contributed by atoms with Gasteiger partial charge in [-0.15, -0.1) is 0 Å². The molecule has 1 aliphatic rings. The van der Waals surface area contributed by atoms with Gasteiger partial charge in [0.2, 0.25) is 10.0 Å². The molecule has 4 nitrogen and oxygen atoms in total. The first-order valence-electron chi connectivity index (χ1n) is 5.83. The summed E-state index contributed by atoms with van der Waals surface area (Å²) in [7, 11) is -3.48. The third-order valence-electron chi connectivity index (χ3n) is 3.26. The monoisotopic (exact) mass is 254 g/mol.